The van der Waals surface area contributed by atoms with E-state index in [2.05, 4.69) is 0 Å². The number of carbonyl (C=O) groups excluding carboxylic acids is 1. The molecule has 0 N–H and O–H groups in total. The number of nitro groups is 1. The molecule has 0 atom stereocenters. The zero-order valence-electron chi connectivity index (χ0n) is 11.8. The average Bonchev–Trinajstić information content (AvgIpc) is 2.47. The summed E-state index contributed by atoms with van der Waals surface area (Å²) < 4.78 is 4.74. The lowest BCUT2D eigenvalue weighted by Crippen LogP contribution is -2.07. The second kappa shape index (κ2) is 6.17. The molecule has 0 spiro atoms. The van der Waals surface area contributed by atoms with Gasteiger partial charge in [-0.05, 0) is 24.6 Å². The smallest absolute Gasteiger partial charge is 0.338 e. The summed E-state index contributed by atoms with van der Waals surface area (Å²) in [5.74, 6) is -0.444. The molecule has 21 heavy (non-hydrogen) atoms. The summed E-state index contributed by atoms with van der Waals surface area (Å²) in [6.45, 7) is 1.87. The van der Waals surface area contributed by atoms with E-state index in [0.29, 0.717) is 23.1 Å². The molecule has 2 aromatic rings. The van der Waals surface area contributed by atoms with Gasteiger partial charge in [0, 0.05) is 18.1 Å². The van der Waals surface area contributed by atoms with Crippen LogP contribution in [-0.4, -0.2) is 18.0 Å². The number of methoxy groups -OCH3 is 1. The van der Waals surface area contributed by atoms with Gasteiger partial charge in [-0.15, -0.1) is 0 Å². The Kier molecular flexibility index (Phi) is 4.33. The van der Waals surface area contributed by atoms with Crippen molar-refractivity contribution in [1.82, 2.24) is 0 Å². The van der Waals surface area contributed by atoms with Crippen LogP contribution in [0.15, 0.2) is 42.5 Å². The molecule has 0 radical (unpaired) electrons. The van der Waals surface area contributed by atoms with Gasteiger partial charge in [-0.2, -0.15) is 0 Å². The van der Waals surface area contributed by atoms with Gasteiger partial charge < -0.3 is 4.74 Å². The first-order chi connectivity index (χ1) is 10.0. The molecule has 5 nitrogen and oxygen atoms in total. The third-order valence-electron chi connectivity index (χ3n) is 3.24. The average molecular weight is 285 g/mol. The van der Waals surface area contributed by atoms with E-state index in [-0.39, 0.29) is 5.69 Å². The number of nitro benzene ring substituents is 1. The Hall–Kier alpha value is -2.69. The fourth-order valence-corrected chi connectivity index (χ4v) is 2.22. The van der Waals surface area contributed by atoms with Gasteiger partial charge in [-0.25, -0.2) is 4.79 Å². The molecule has 0 saturated heterocycles. The third kappa shape index (κ3) is 3.25. The van der Waals surface area contributed by atoms with E-state index >= 15 is 0 Å². The molecule has 0 unspecified atom stereocenters. The maximum Gasteiger partial charge on any atom is 0.338 e. The number of aryl methyl sites for hydroxylation is 1. The number of ether oxygens (including phenoxy) is 1. The Morgan fingerprint density at radius 2 is 1.90 bits per heavy atom. The van der Waals surface area contributed by atoms with Crippen LogP contribution in [0.1, 0.15) is 27.0 Å². The predicted octanol–water partition coefficient (Wildman–Crippen LogP) is 3.28. The summed E-state index contributed by atoms with van der Waals surface area (Å²) in [6.07, 6.45) is 0.309. The van der Waals surface area contributed by atoms with Crippen molar-refractivity contribution in [3.05, 3.63) is 74.8 Å². The Balaban J connectivity index is 2.46. The van der Waals surface area contributed by atoms with Crippen LogP contribution in [0.4, 0.5) is 5.69 Å². The van der Waals surface area contributed by atoms with Crippen molar-refractivity contribution in [2.45, 2.75) is 13.3 Å². The molecule has 0 amide bonds. The van der Waals surface area contributed by atoms with E-state index in [0.717, 1.165) is 5.56 Å². The van der Waals surface area contributed by atoms with Crippen LogP contribution in [0, 0.1) is 17.0 Å². The highest BCUT2D eigenvalue weighted by atomic mass is 16.6. The Labute approximate surface area is 122 Å². The SMILES string of the molecule is COC(=O)c1ccccc1Cc1cc(C)ccc1[N+](=O)[O-]. The molecule has 0 aliphatic heterocycles. The number of carbonyl (C=O) groups is 1. The molecule has 2 aromatic carbocycles. The van der Waals surface area contributed by atoms with Crippen LogP contribution < -0.4 is 0 Å². The van der Waals surface area contributed by atoms with Gasteiger partial charge in [0.05, 0.1) is 17.6 Å². The van der Waals surface area contributed by atoms with Gasteiger partial charge in [0.1, 0.15) is 0 Å². The quantitative estimate of drug-likeness (QED) is 0.491. The van der Waals surface area contributed by atoms with E-state index < -0.39 is 10.9 Å². The second-order valence-corrected chi connectivity index (χ2v) is 4.71. The summed E-state index contributed by atoms with van der Waals surface area (Å²) in [7, 11) is 1.31. The number of nitrogens with zero attached hydrogens (tertiary/aromatic N) is 1. The Morgan fingerprint density at radius 3 is 2.57 bits per heavy atom. The number of hydrogen-bond donors (Lipinski definition) is 0. The van der Waals surface area contributed by atoms with Gasteiger partial charge >= 0.3 is 5.97 Å². The molecule has 5 heteroatoms. The maximum absolute atomic E-state index is 11.8. The Morgan fingerprint density at radius 1 is 1.19 bits per heavy atom. The van der Waals surface area contributed by atoms with Gasteiger partial charge in [0.25, 0.3) is 5.69 Å². The zero-order valence-corrected chi connectivity index (χ0v) is 11.8. The summed E-state index contributed by atoms with van der Waals surface area (Å²) in [4.78, 5) is 22.5. The van der Waals surface area contributed by atoms with Crippen molar-refractivity contribution >= 4 is 11.7 Å². The fraction of sp³-hybridized carbons (Fsp3) is 0.188. The minimum atomic E-state index is -0.444. The van der Waals surface area contributed by atoms with Crippen LogP contribution >= 0.6 is 0 Å². The summed E-state index contributed by atoms with van der Waals surface area (Å²) in [5.41, 5.74) is 2.71. The monoisotopic (exact) mass is 285 g/mol. The van der Waals surface area contributed by atoms with Crippen molar-refractivity contribution in [2.75, 3.05) is 7.11 Å². The van der Waals surface area contributed by atoms with Crippen molar-refractivity contribution < 1.29 is 14.5 Å². The topological polar surface area (TPSA) is 69.4 Å². The lowest BCUT2D eigenvalue weighted by Gasteiger charge is -2.09. The first-order valence-electron chi connectivity index (χ1n) is 6.43. The van der Waals surface area contributed by atoms with E-state index in [4.69, 9.17) is 4.74 Å². The van der Waals surface area contributed by atoms with Crippen molar-refractivity contribution in [3.63, 3.8) is 0 Å². The lowest BCUT2D eigenvalue weighted by atomic mass is 9.97. The van der Waals surface area contributed by atoms with Gasteiger partial charge in [0.2, 0.25) is 0 Å². The number of benzene rings is 2. The number of rotatable bonds is 4. The highest BCUT2D eigenvalue weighted by Crippen LogP contribution is 2.24. The summed E-state index contributed by atoms with van der Waals surface area (Å²) in [6, 6.07) is 11.9. The van der Waals surface area contributed by atoms with Crippen LogP contribution in [0.25, 0.3) is 0 Å². The number of hydrogen-bond acceptors (Lipinski definition) is 4. The van der Waals surface area contributed by atoms with Gasteiger partial charge in [-0.1, -0.05) is 29.8 Å². The highest BCUT2D eigenvalue weighted by molar-refractivity contribution is 5.91. The molecule has 0 fully saturated rings. The lowest BCUT2D eigenvalue weighted by molar-refractivity contribution is -0.385. The second-order valence-electron chi connectivity index (χ2n) is 4.71. The summed E-state index contributed by atoms with van der Waals surface area (Å²) in [5, 5.41) is 11.1. The molecule has 108 valence electrons. The van der Waals surface area contributed by atoms with Crippen molar-refractivity contribution in [2.24, 2.45) is 0 Å². The molecule has 0 bridgehead atoms. The molecule has 0 aromatic heterocycles. The van der Waals surface area contributed by atoms with Crippen LogP contribution in [0.5, 0.6) is 0 Å². The molecule has 0 aliphatic rings. The third-order valence-corrected chi connectivity index (χ3v) is 3.24. The van der Waals surface area contributed by atoms with Crippen molar-refractivity contribution in [3.8, 4) is 0 Å². The molecule has 0 heterocycles. The zero-order chi connectivity index (χ0) is 15.4. The fourth-order valence-electron chi connectivity index (χ4n) is 2.22. The molecule has 2 rings (SSSR count). The maximum atomic E-state index is 11.8. The predicted molar refractivity (Wildman–Crippen MR) is 78.4 cm³/mol. The largest absolute Gasteiger partial charge is 0.465 e. The van der Waals surface area contributed by atoms with Gasteiger partial charge in [-0.3, -0.25) is 10.1 Å². The molecule has 0 saturated carbocycles. The minimum Gasteiger partial charge on any atom is -0.465 e. The molecular weight excluding hydrogens is 270 g/mol. The van der Waals surface area contributed by atoms with E-state index in [1.54, 1.807) is 36.4 Å². The van der Waals surface area contributed by atoms with Crippen LogP contribution in [0.2, 0.25) is 0 Å². The standard InChI is InChI=1S/C16H15NO4/c1-11-7-8-15(17(19)20)13(9-11)10-12-5-3-4-6-14(12)16(18)21-2/h3-9H,10H2,1-2H3. The minimum absolute atomic E-state index is 0.0558. The molecule has 0 aliphatic carbocycles. The first-order valence-corrected chi connectivity index (χ1v) is 6.43. The highest BCUT2D eigenvalue weighted by Gasteiger charge is 2.17. The van der Waals surface area contributed by atoms with E-state index in [1.807, 2.05) is 6.92 Å². The van der Waals surface area contributed by atoms with Crippen LogP contribution in [0.3, 0.4) is 0 Å². The van der Waals surface area contributed by atoms with Gasteiger partial charge in [0.15, 0.2) is 0 Å². The first kappa shape index (κ1) is 14.7. The van der Waals surface area contributed by atoms with Crippen molar-refractivity contribution in [1.29, 1.82) is 0 Å². The number of esters is 1. The Bertz CT molecular complexity index is 694. The van der Waals surface area contributed by atoms with E-state index in [1.165, 1.54) is 13.2 Å². The summed E-state index contributed by atoms with van der Waals surface area (Å²) >= 11 is 0. The van der Waals surface area contributed by atoms with Crippen LogP contribution in [-0.2, 0) is 11.2 Å². The normalized spacial score (nSPS) is 10.2. The van der Waals surface area contributed by atoms with E-state index in [9.17, 15) is 14.9 Å². The molecular formula is C16H15NO4.